The lowest BCUT2D eigenvalue weighted by atomic mass is 10.1. The van der Waals surface area contributed by atoms with Gasteiger partial charge in [0.25, 0.3) is 11.8 Å². The first kappa shape index (κ1) is 22.2. The predicted octanol–water partition coefficient (Wildman–Crippen LogP) is 3.01. The van der Waals surface area contributed by atoms with Crippen molar-refractivity contribution in [3.05, 3.63) is 65.0 Å². The average molecular weight is 460 g/mol. The van der Waals surface area contributed by atoms with Gasteiger partial charge in [-0.3, -0.25) is 14.9 Å². The van der Waals surface area contributed by atoms with Crippen molar-refractivity contribution < 1.29 is 27.3 Å². The normalized spacial score (nSPS) is 14.3. The zero-order chi connectivity index (χ0) is 23.6. The van der Waals surface area contributed by atoms with Crippen molar-refractivity contribution in [2.75, 3.05) is 36.4 Å². The Morgan fingerprint density at radius 2 is 1.76 bits per heavy atom. The number of anilines is 2. The number of benzene rings is 1. The van der Waals surface area contributed by atoms with Crippen molar-refractivity contribution in [2.24, 2.45) is 0 Å². The molecule has 0 spiro atoms. The molecule has 4 rings (SSSR count). The molecular weight excluding hydrogens is 441 g/mol. The van der Waals surface area contributed by atoms with Gasteiger partial charge in [-0.05, 0) is 31.2 Å². The zero-order valence-electron chi connectivity index (χ0n) is 17.5. The van der Waals surface area contributed by atoms with Gasteiger partial charge < -0.3 is 14.3 Å². The van der Waals surface area contributed by atoms with Crippen LogP contribution in [0, 0.1) is 6.92 Å². The first-order valence-corrected chi connectivity index (χ1v) is 10.0. The number of hydrogen-bond acceptors (Lipinski definition) is 7. The number of alkyl halides is 3. The molecule has 3 aromatic rings. The monoisotopic (exact) mass is 460 g/mol. The zero-order valence-corrected chi connectivity index (χ0v) is 17.5. The maximum Gasteiger partial charge on any atom is 0.417 e. The summed E-state index contributed by atoms with van der Waals surface area (Å²) in [4.78, 5) is 28.2. The summed E-state index contributed by atoms with van der Waals surface area (Å²) >= 11 is 0. The standard InChI is InChI=1S/C21H19F3N6O3/c1-13-12-18(33-28-13)25-19(31)16-6-7-17(27-26-16)29-8-10-30(11-9-29)20(32)14-4-2-3-5-15(14)21(22,23)24/h2-7,12H,8-11H2,1H3,(H,25,31). The van der Waals surface area contributed by atoms with E-state index in [2.05, 4.69) is 20.7 Å². The Bertz CT molecular complexity index is 1150. The summed E-state index contributed by atoms with van der Waals surface area (Å²) in [5.74, 6) is -0.492. The summed E-state index contributed by atoms with van der Waals surface area (Å²) in [5.41, 5.74) is -0.621. The van der Waals surface area contributed by atoms with Crippen LogP contribution in [0.5, 0.6) is 0 Å². The number of rotatable bonds is 4. The predicted molar refractivity (Wildman–Crippen MR) is 111 cm³/mol. The lowest BCUT2D eigenvalue weighted by Gasteiger charge is -2.35. The molecule has 1 fully saturated rings. The maximum absolute atomic E-state index is 13.2. The van der Waals surface area contributed by atoms with Crippen LogP contribution in [0.15, 0.2) is 47.0 Å². The number of piperazine rings is 1. The average Bonchev–Trinajstić information content (AvgIpc) is 3.22. The second-order valence-corrected chi connectivity index (χ2v) is 7.39. The van der Waals surface area contributed by atoms with Crippen molar-refractivity contribution in [1.29, 1.82) is 0 Å². The van der Waals surface area contributed by atoms with Gasteiger partial charge in [0.05, 0.1) is 16.8 Å². The van der Waals surface area contributed by atoms with E-state index in [-0.39, 0.29) is 30.2 Å². The second kappa shape index (κ2) is 8.88. The molecule has 0 aliphatic carbocycles. The van der Waals surface area contributed by atoms with Crippen LogP contribution in [0.2, 0.25) is 0 Å². The molecule has 1 aromatic carbocycles. The number of aromatic nitrogens is 3. The van der Waals surface area contributed by atoms with Crippen LogP contribution in [0.1, 0.15) is 32.1 Å². The third kappa shape index (κ3) is 4.94. The molecule has 3 heterocycles. The molecule has 0 radical (unpaired) electrons. The number of aryl methyl sites for hydroxylation is 1. The van der Waals surface area contributed by atoms with Crippen molar-refractivity contribution >= 4 is 23.5 Å². The van der Waals surface area contributed by atoms with E-state index in [0.29, 0.717) is 24.6 Å². The number of hydrogen-bond donors (Lipinski definition) is 1. The van der Waals surface area contributed by atoms with E-state index >= 15 is 0 Å². The lowest BCUT2D eigenvalue weighted by Crippen LogP contribution is -2.49. The van der Waals surface area contributed by atoms with Crippen molar-refractivity contribution in [3.8, 4) is 0 Å². The number of halogens is 3. The van der Waals surface area contributed by atoms with E-state index in [1.807, 2.05) is 4.90 Å². The minimum absolute atomic E-state index is 0.0744. The van der Waals surface area contributed by atoms with Gasteiger partial charge in [-0.15, -0.1) is 10.2 Å². The second-order valence-electron chi connectivity index (χ2n) is 7.39. The van der Waals surface area contributed by atoms with Gasteiger partial charge in [0.2, 0.25) is 5.88 Å². The van der Waals surface area contributed by atoms with Crippen LogP contribution in [-0.4, -0.2) is 58.2 Å². The van der Waals surface area contributed by atoms with E-state index in [1.165, 1.54) is 29.2 Å². The SMILES string of the molecule is Cc1cc(NC(=O)c2ccc(N3CCN(C(=O)c4ccccc4C(F)(F)F)CC3)nn2)on1. The van der Waals surface area contributed by atoms with Crippen molar-refractivity contribution in [2.45, 2.75) is 13.1 Å². The van der Waals surface area contributed by atoms with Crippen LogP contribution < -0.4 is 10.2 Å². The Labute approximate surface area is 186 Å². The molecule has 33 heavy (non-hydrogen) atoms. The molecule has 1 N–H and O–H groups in total. The number of carbonyl (C=O) groups is 2. The van der Waals surface area contributed by atoms with Gasteiger partial charge in [0.15, 0.2) is 11.5 Å². The lowest BCUT2D eigenvalue weighted by molar-refractivity contribution is -0.138. The minimum atomic E-state index is -4.61. The highest BCUT2D eigenvalue weighted by Gasteiger charge is 2.36. The summed E-state index contributed by atoms with van der Waals surface area (Å²) in [6.45, 7) is 2.88. The van der Waals surface area contributed by atoms with Crippen LogP contribution in [0.3, 0.4) is 0 Å². The number of carbonyl (C=O) groups excluding carboxylic acids is 2. The number of nitrogens with zero attached hydrogens (tertiary/aromatic N) is 5. The molecule has 0 saturated carbocycles. The summed E-state index contributed by atoms with van der Waals surface area (Å²) in [5, 5.41) is 14.2. The third-order valence-electron chi connectivity index (χ3n) is 5.10. The Morgan fingerprint density at radius 3 is 2.36 bits per heavy atom. The fourth-order valence-corrected chi connectivity index (χ4v) is 3.44. The molecule has 2 aromatic heterocycles. The fourth-order valence-electron chi connectivity index (χ4n) is 3.44. The first-order chi connectivity index (χ1) is 15.7. The van der Waals surface area contributed by atoms with Gasteiger partial charge in [-0.25, -0.2) is 0 Å². The highest BCUT2D eigenvalue weighted by Crippen LogP contribution is 2.32. The van der Waals surface area contributed by atoms with E-state index in [0.717, 1.165) is 6.07 Å². The van der Waals surface area contributed by atoms with Gasteiger partial charge in [0, 0.05) is 32.2 Å². The van der Waals surface area contributed by atoms with Crippen LogP contribution in [-0.2, 0) is 6.18 Å². The summed E-state index contributed by atoms with van der Waals surface area (Å²) in [6.07, 6.45) is -4.61. The van der Waals surface area contributed by atoms with Gasteiger partial charge in [-0.1, -0.05) is 17.3 Å². The fraction of sp³-hybridized carbons (Fsp3) is 0.286. The molecule has 2 amide bonds. The largest absolute Gasteiger partial charge is 0.417 e. The van der Waals surface area contributed by atoms with Crippen molar-refractivity contribution in [1.82, 2.24) is 20.3 Å². The molecule has 0 atom stereocenters. The highest BCUT2D eigenvalue weighted by atomic mass is 19.4. The maximum atomic E-state index is 13.2. The Morgan fingerprint density at radius 1 is 1.03 bits per heavy atom. The minimum Gasteiger partial charge on any atom is -0.352 e. The van der Waals surface area contributed by atoms with Crippen LogP contribution >= 0.6 is 0 Å². The summed E-state index contributed by atoms with van der Waals surface area (Å²) < 4.78 is 44.7. The van der Waals surface area contributed by atoms with E-state index in [9.17, 15) is 22.8 Å². The molecule has 9 nitrogen and oxygen atoms in total. The molecular formula is C21H19F3N6O3. The first-order valence-electron chi connectivity index (χ1n) is 10.0. The summed E-state index contributed by atoms with van der Waals surface area (Å²) in [6, 6.07) is 9.44. The van der Waals surface area contributed by atoms with E-state index in [4.69, 9.17) is 4.52 Å². The quantitative estimate of drug-likeness (QED) is 0.638. The van der Waals surface area contributed by atoms with Gasteiger partial charge >= 0.3 is 6.18 Å². The molecule has 0 bridgehead atoms. The molecule has 172 valence electrons. The van der Waals surface area contributed by atoms with E-state index < -0.39 is 23.6 Å². The van der Waals surface area contributed by atoms with Crippen LogP contribution in [0.4, 0.5) is 24.9 Å². The smallest absolute Gasteiger partial charge is 0.352 e. The van der Waals surface area contributed by atoms with Crippen LogP contribution in [0.25, 0.3) is 0 Å². The topological polar surface area (TPSA) is 104 Å². The molecule has 1 aliphatic rings. The molecule has 12 heteroatoms. The Hall–Kier alpha value is -3.96. The van der Waals surface area contributed by atoms with Gasteiger partial charge in [0.1, 0.15) is 0 Å². The highest BCUT2D eigenvalue weighted by molar-refractivity contribution is 6.02. The van der Waals surface area contributed by atoms with Gasteiger partial charge in [-0.2, -0.15) is 13.2 Å². The summed E-state index contributed by atoms with van der Waals surface area (Å²) in [7, 11) is 0. The molecule has 0 unspecified atom stereocenters. The third-order valence-corrected chi connectivity index (χ3v) is 5.10. The number of amides is 2. The molecule has 1 saturated heterocycles. The number of nitrogens with one attached hydrogen (secondary N) is 1. The molecule has 1 aliphatic heterocycles. The Kier molecular flexibility index (Phi) is 5.99. The van der Waals surface area contributed by atoms with Crippen molar-refractivity contribution in [3.63, 3.8) is 0 Å². The van der Waals surface area contributed by atoms with E-state index in [1.54, 1.807) is 19.1 Å². The Balaban J connectivity index is 1.37.